The maximum Gasteiger partial charge on any atom is 0.289 e. The number of nitrogens with zero attached hydrogens (tertiary/aromatic N) is 4. The molecule has 1 aliphatic heterocycles. The molecule has 1 aliphatic rings. The molecule has 6 heteroatoms. The van der Waals surface area contributed by atoms with E-state index < -0.39 is 0 Å². The Morgan fingerprint density at radius 2 is 2.04 bits per heavy atom. The average Bonchev–Trinajstić information content (AvgIpc) is 3.34. The van der Waals surface area contributed by atoms with E-state index in [0.29, 0.717) is 18.8 Å². The van der Waals surface area contributed by atoms with Crippen molar-refractivity contribution in [2.24, 2.45) is 0 Å². The van der Waals surface area contributed by atoms with Gasteiger partial charge >= 0.3 is 0 Å². The second kappa shape index (κ2) is 7.31. The zero-order chi connectivity index (χ0) is 18.8. The Morgan fingerprint density at radius 3 is 2.78 bits per heavy atom. The maximum absolute atomic E-state index is 12.9. The van der Waals surface area contributed by atoms with Gasteiger partial charge in [0.1, 0.15) is 5.76 Å². The van der Waals surface area contributed by atoms with Crippen LogP contribution in [-0.4, -0.2) is 46.3 Å². The van der Waals surface area contributed by atoms with Crippen LogP contribution in [-0.2, 0) is 6.54 Å². The minimum absolute atomic E-state index is 0.0429. The van der Waals surface area contributed by atoms with Crippen LogP contribution in [0.3, 0.4) is 0 Å². The van der Waals surface area contributed by atoms with Crippen molar-refractivity contribution in [1.29, 1.82) is 0 Å². The van der Waals surface area contributed by atoms with Crippen molar-refractivity contribution < 1.29 is 9.21 Å². The third kappa shape index (κ3) is 3.60. The van der Waals surface area contributed by atoms with Gasteiger partial charge in [-0.05, 0) is 43.7 Å². The lowest BCUT2D eigenvalue weighted by Gasteiger charge is -2.41. The van der Waals surface area contributed by atoms with E-state index in [1.165, 1.54) is 11.3 Å². The summed E-state index contributed by atoms with van der Waals surface area (Å²) in [5, 5.41) is 4.17. The Kier molecular flexibility index (Phi) is 4.71. The lowest BCUT2D eigenvalue weighted by Crippen LogP contribution is -2.54. The second-order valence-corrected chi connectivity index (χ2v) is 7.05. The minimum atomic E-state index is -0.0429. The van der Waals surface area contributed by atoms with Crippen LogP contribution in [0.1, 0.15) is 28.8 Å². The van der Waals surface area contributed by atoms with Crippen molar-refractivity contribution in [3.05, 3.63) is 71.9 Å². The fourth-order valence-electron chi connectivity index (χ4n) is 3.67. The highest BCUT2D eigenvalue weighted by atomic mass is 16.4. The van der Waals surface area contributed by atoms with E-state index in [1.807, 2.05) is 23.2 Å². The minimum Gasteiger partial charge on any atom is -0.454 e. The Hall–Kier alpha value is -3.02. The molecular weight excluding hydrogens is 340 g/mol. The number of rotatable bonds is 4. The fourth-order valence-corrected chi connectivity index (χ4v) is 3.67. The number of amides is 1. The SMILES string of the molecule is Cc1ccccc1N1CCN(C(=O)c2ccc(Cn3cccn3)o2)[C@H](C)C1. The molecule has 1 atom stereocenters. The van der Waals surface area contributed by atoms with E-state index in [-0.39, 0.29) is 11.9 Å². The molecule has 0 bridgehead atoms. The van der Waals surface area contributed by atoms with Crippen molar-refractivity contribution >= 4 is 11.6 Å². The predicted octanol–water partition coefficient (Wildman–Crippen LogP) is 3.18. The summed E-state index contributed by atoms with van der Waals surface area (Å²) in [6.45, 7) is 7.07. The van der Waals surface area contributed by atoms with Gasteiger partial charge in [-0.25, -0.2) is 0 Å². The number of anilines is 1. The van der Waals surface area contributed by atoms with E-state index in [1.54, 1.807) is 16.9 Å². The molecule has 2 aromatic heterocycles. The molecule has 0 N–H and O–H groups in total. The number of furan rings is 1. The summed E-state index contributed by atoms with van der Waals surface area (Å²) >= 11 is 0. The summed E-state index contributed by atoms with van der Waals surface area (Å²) in [7, 11) is 0. The molecule has 4 rings (SSSR count). The zero-order valence-corrected chi connectivity index (χ0v) is 15.7. The molecule has 6 nitrogen and oxygen atoms in total. The third-order valence-electron chi connectivity index (χ3n) is 5.09. The molecule has 0 unspecified atom stereocenters. The molecular formula is C21H24N4O2. The van der Waals surface area contributed by atoms with Crippen molar-refractivity contribution in [3.63, 3.8) is 0 Å². The normalized spacial score (nSPS) is 17.3. The van der Waals surface area contributed by atoms with Crippen LogP contribution in [0.5, 0.6) is 0 Å². The number of aromatic nitrogens is 2. The van der Waals surface area contributed by atoms with Gasteiger partial charge in [-0.3, -0.25) is 9.48 Å². The summed E-state index contributed by atoms with van der Waals surface area (Å²) in [6, 6.07) is 14.0. The lowest BCUT2D eigenvalue weighted by molar-refractivity contribution is 0.0639. The van der Waals surface area contributed by atoms with Gasteiger partial charge < -0.3 is 14.2 Å². The molecule has 1 saturated heterocycles. The van der Waals surface area contributed by atoms with Gasteiger partial charge in [0.25, 0.3) is 5.91 Å². The number of para-hydroxylation sites is 1. The second-order valence-electron chi connectivity index (χ2n) is 7.05. The Bertz CT molecular complexity index is 916. The van der Waals surface area contributed by atoms with Gasteiger partial charge in [0.2, 0.25) is 0 Å². The molecule has 1 amide bonds. The molecule has 1 aromatic carbocycles. The zero-order valence-electron chi connectivity index (χ0n) is 15.7. The van der Waals surface area contributed by atoms with Crippen molar-refractivity contribution in [2.75, 3.05) is 24.5 Å². The lowest BCUT2D eigenvalue weighted by atomic mass is 10.1. The van der Waals surface area contributed by atoms with Crippen LogP contribution in [0.2, 0.25) is 0 Å². The fraction of sp³-hybridized carbons (Fsp3) is 0.333. The van der Waals surface area contributed by atoms with E-state index in [4.69, 9.17) is 4.42 Å². The first-order valence-corrected chi connectivity index (χ1v) is 9.29. The van der Waals surface area contributed by atoms with Crippen LogP contribution in [0, 0.1) is 6.92 Å². The van der Waals surface area contributed by atoms with Crippen LogP contribution >= 0.6 is 0 Å². The van der Waals surface area contributed by atoms with Crippen LogP contribution in [0.25, 0.3) is 0 Å². The topological polar surface area (TPSA) is 54.5 Å². The summed E-state index contributed by atoms with van der Waals surface area (Å²) < 4.78 is 7.56. The standard InChI is InChI=1S/C21H24N4O2/c1-16-6-3-4-7-19(16)23-12-13-25(17(2)14-23)21(26)20-9-8-18(27-20)15-24-11-5-10-22-24/h3-11,17H,12-15H2,1-2H3/t17-/m1/s1. The largest absolute Gasteiger partial charge is 0.454 e. The van der Waals surface area contributed by atoms with Crippen molar-refractivity contribution in [1.82, 2.24) is 14.7 Å². The summed E-state index contributed by atoms with van der Waals surface area (Å²) in [4.78, 5) is 17.2. The molecule has 27 heavy (non-hydrogen) atoms. The number of carbonyl (C=O) groups excluding carboxylic acids is 1. The van der Waals surface area contributed by atoms with Gasteiger partial charge in [0.05, 0.1) is 6.54 Å². The first-order valence-electron chi connectivity index (χ1n) is 9.29. The summed E-state index contributed by atoms with van der Waals surface area (Å²) in [6.07, 6.45) is 3.60. The molecule has 0 aliphatic carbocycles. The van der Waals surface area contributed by atoms with Gasteiger partial charge in [-0.15, -0.1) is 0 Å². The quantitative estimate of drug-likeness (QED) is 0.713. The molecule has 3 aromatic rings. The van der Waals surface area contributed by atoms with Crippen LogP contribution in [0.15, 0.2) is 59.3 Å². The highest BCUT2D eigenvalue weighted by Crippen LogP contribution is 2.24. The highest BCUT2D eigenvalue weighted by molar-refractivity contribution is 5.92. The number of hydrogen-bond acceptors (Lipinski definition) is 4. The number of piperazine rings is 1. The number of hydrogen-bond donors (Lipinski definition) is 0. The van der Waals surface area contributed by atoms with Gasteiger partial charge in [-0.1, -0.05) is 18.2 Å². The molecule has 1 fully saturated rings. The van der Waals surface area contributed by atoms with Crippen LogP contribution in [0.4, 0.5) is 5.69 Å². The van der Waals surface area contributed by atoms with Crippen molar-refractivity contribution in [2.45, 2.75) is 26.4 Å². The molecule has 3 heterocycles. The predicted molar refractivity (Wildman–Crippen MR) is 104 cm³/mol. The summed E-state index contributed by atoms with van der Waals surface area (Å²) in [5.41, 5.74) is 2.51. The maximum atomic E-state index is 12.9. The van der Waals surface area contributed by atoms with Gasteiger partial charge in [0.15, 0.2) is 5.76 Å². The first kappa shape index (κ1) is 17.4. The Morgan fingerprint density at radius 1 is 1.19 bits per heavy atom. The molecule has 0 saturated carbocycles. The van der Waals surface area contributed by atoms with E-state index in [2.05, 4.69) is 48.1 Å². The van der Waals surface area contributed by atoms with E-state index in [9.17, 15) is 4.79 Å². The molecule has 0 spiro atoms. The van der Waals surface area contributed by atoms with Gasteiger partial charge in [0, 0.05) is 43.8 Å². The molecule has 0 radical (unpaired) electrons. The number of aryl methyl sites for hydroxylation is 1. The summed E-state index contributed by atoms with van der Waals surface area (Å²) in [5.74, 6) is 1.08. The third-order valence-corrected chi connectivity index (χ3v) is 5.09. The van der Waals surface area contributed by atoms with E-state index in [0.717, 1.165) is 18.8 Å². The average molecular weight is 364 g/mol. The highest BCUT2D eigenvalue weighted by Gasteiger charge is 2.30. The monoisotopic (exact) mass is 364 g/mol. The number of benzene rings is 1. The Labute approximate surface area is 159 Å². The Balaban J connectivity index is 1.43. The van der Waals surface area contributed by atoms with Crippen molar-refractivity contribution in [3.8, 4) is 0 Å². The van der Waals surface area contributed by atoms with Crippen LogP contribution < -0.4 is 4.90 Å². The first-order chi connectivity index (χ1) is 13.1. The smallest absolute Gasteiger partial charge is 0.289 e. The van der Waals surface area contributed by atoms with Gasteiger partial charge in [-0.2, -0.15) is 5.10 Å². The van der Waals surface area contributed by atoms with E-state index >= 15 is 0 Å². The molecule has 140 valence electrons. The number of carbonyl (C=O) groups is 1.